The molecule has 0 aromatic heterocycles. The molecule has 1 aromatic rings. The summed E-state index contributed by atoms with van der Waals surface area (Å²) in [6.07, 6.45) is -3.48. The van der Waals surface area contributed by atoms with Crippen LogP contribution in [0.1, 0.15) is 28.4 Å². The molecule has 0 aliphatic rings. The Morgan fingerprint density at radius 3 is 2.53 bits per heavy atom. The summed E-state index contributed by atoms with van der Waals surface area (Å²) in [6.45, 7) is 0. The van der Waals surface area contributed by atoms with Crippen LogP contribution in [-0.2, 0) is 9.53 Å². The molecule has 2 atom stereocenters. The van der Waals surface area contributed by atoms with Crippen molar-refractivity contribution in [1.82, 2.24) is 0 Å². The summed E-state index contributed by atoms with van der Waals surface area (Å²) in [5.74, 6) is -2.04. The summed E-state index contributed by atoms with van der Waals surface area (Å²) in [6, 6.07) is 4.14. The van der Waals surface area contributed by atoms with Crippen LogP contribution in [0.2, 0.25) is 0 Å². The number of aliphatic hydroxyl groups is 2. The van der Waals surface area contributed by atoms with Crippen molar-refractivity contribution in [2.75, 3.05) is 12.8 Å². The maximum absolute atomic E-state index is 11.1. The van der Waals surface area contributed by atoms with Crippen LogP contribution in [0.4, 0.5) is 5.69 Å². The predicted octanol–water partition coefficient (Wildman–Crippen LogP) is -0.0756. The van der Waals surface area contributed by atoms with E-state index in [0.717, 1.165) is 7.11 Å². The molecule has 0 aliphatic heterocycles. The summed E-state index contributed by atoms with van der Waals surface area (Å²) in [4.78, 5) is 22.1. The van der Waals surface area contributed by atoms with Crippen molar-refractivity contribution in [1.29, 1.82) is 0 Å². The number of benzene rings is 1. The average molecular weight is 269 g/mol. The standard InChI is InChI=1S/C12H15NO6/c1-19-9(15)5-8(14)11(16)6-3-2-4-7(13)10(6)12(17)18/h2-4,8,11,14,16H,5,13H2,1H3,(H,17,18). The third-order valence-corrected chi connectivity index (χ3v) is 2.63. The molecule has 0 aliphatic carbocycles. The van der Waals surface area contributed by atoms with Gasteiger partial charge in [-0.15, -0.1) is 0 Å². The van der Waals surface area contributed by atoms with Crippen molar-refractivity contribution in [2.45, 2.75) is 18.6 Å². The Balaban J connectivity index is 3.05. The van der Waals surface area contributed by atoms with Gasteiger partial charge in [0.1, 0.15) is 6.10 Å². The zero-order valence-electron chi connectivity index (χ0n) is 10.2. The van der Waals surface area contributed by atoms with E-state index in [2.05, 4.69) is 4.74 Å². The number of esters is 1. The summed E-state index contributed by atoms with van der Waals surface area (Å²) in [5.41, 5.74) is 5.14. The van der Waals surface area contributed by atoms with Gasteiger partial charge < -0.3 is 25.8 Å². The highest BCUT2D eigenvalue weighted by Gasteiger charge is 2.26. The summed E-state index contributed by atoms with van der Waals surface area (Å²) >= 11 is 0. The highest BCUT2D eigenvalue weighted by molar-refractivity contribution is 5.95. The Morgan fingerprint density at radius 1 is 1.37 bits per heavy atom. The molecular formula is C12H15NO6. The Bertz CT molecular complexity index is 487. The molecule has 0 fully saturated rings. The maximum Gasteiger partial charge on any atom is 0.338 e. The van der Waals surface area contributed by atoms with Gasteiger partial charge in [0.2, 0.25) is 0 Å². The SMILES string of the molecule is COC(=O)CC(O)C(O)c1cccc(N)c1C(=O)O. The van der Waals surface area contributed by atoms with E-state index in [4.69, 9.17) is 10.8 Å². The van der Waals surface area contributed by atoms with Crippen molar-refractivity contribution in [3.05, 3.63) is 29.3 Å². The first kappa shape index (κ1) is 14.9. The van der Waals surface area contributed by atoms with Crippen LogP contribution in [0.3, 0.4) is 0 Å². The van der Waals surface area contributed by atoms with E-state index in [0.29, 0.717) is 0 Å². The number of nitrogen functional groups attached to an aromatic ring is 1. The number of nitrogens with two attached hydrogens (primary N) is 1. The Hall–Kier alpha value is -2.12. The van der Waals surface area contributed by atoms with Gasteiger partial charge in [0.15, 0.2) is 0 Å². The van der Waals surface area contributed by atoms with Crippen LogP contribution >= 0.6 is 0 Å². The van der Waals surface area contributed by atoms with Gasteiger partial charge in [0.05, 0.1) is 25.2 Å². The zero-order chi connectivity index (χ0) is 14.6. The van der Waals surface area contributed by atoms with Gasteiger partial charge in [-0.1, -0.05) is 12.1 Å². The topological polar surface area (TPSA) is 130 Å². The number of anilines is 1. The number of carboxylic acid groups (broad SMARTS) is 1. The molecule has 2 unspecified atom stereocenters. The monoisotopic (exact) mass is 269 g/mol. The fourth-order valence-corrected chi connectivity index (χ4v) is 1.66. The largest absolute Gasteiger partial charge is 0.478 e. The normalized spacial score (nSPS) is 13.6. The number of methoxy groups -OCH3 is 1. The van der Waals surface area contributed by atoms with Gasteiger partial charge in [-0.05, 0) is 11.6 Å². The summed E-state index contributed by atoms with van der Waals surface area (Å²) < 4.78 is 4.36. The third-order valence-electron chi connectivity index (χ3n) is 2.63. The molecule has 1 rings (SSSR count). The smallest absolute Gasteiger partial charge is 0.338 e. The fraction of sp³-hybridized carbons (Fsp3) is 0.333. The minimum atomic E-state index is -1.55. The Morgan fingerprint density at radius 2 is 2.00 bits per heavy atom. The molecule has 0 radical (unpaired) electrons. The highest BCUT2D eigenvalue weighted by atomic mass is 16.5. The van der Waals surface area contributed by atoms with E-state index in [1.807, 2.05) is 0 Å². The molecule has 0 saturated heterocycles. The Kier molecular flexibility index (Phi) is 4.85. The average Bonchev–Trinajstić information content (AvgIpc) is 2.36. The molecule has 0 amide bonds. The van der Waals surface area contributed by atoms with Crippen LogP contribution < -0.4 is 5.73 Å². The van der Waals surface area contributed by atoms with E-state index in [1.54, 1.807) is 0 Å². The molecule has 19 heavy (non-hydrogen) atoms. The summed E-state index contributed by atoms with van der Waals surface area (Å²) in [5, 5.41) is 28.6. The van der Waals surface area contributed by atoms with Crippen molar-refractivity contribution in [3.8, 4) is 0 Å². The lowest BCUT2D eigenvalue weighted by atomic mass is 9.96. The van der Waals surface area contributed by atoms with Crippen molar-refractivity contribution >= 4 is 17.6 Å². The van der Waals surface area contributed by atoms with E-state index >= 15 is 0 Å². The minimum absolute atomic E-state index is 0.0330. The second-order valence-corrected chi connectivity index (χ2v) is 3.91. The molecule has 0 heterocycles. The van der Waals surface area contributed by atoms with Gasteiger partial charge in [0.25, 0.3) is 0 Å². The first-order valence-corrected chi connectivity index (χ1v) is 5.43. The van der Waals surface area contributed by atoms with Crippen molar-refractivity contribution < 1.29 is 29.6 Å². The molecule has 1 aromatic carbocycles. The van der Waals surface area contributed by atoms with Crippen molar-refractivity contribution in [2.24, 2.45) is 0 Å². The number of hydrogen-bond acceptors (Lipinski definition) is 6. The lowest BCUT2D eigenvalue weighted by Crippen LogP contribution is -2.24. The van der Waals surface area contributed by atoms with Gasteiger partial charge >= 0.3 is 11.9 Å². The molecule has 7 heteroatoms. The van der Waals surface area contributed by atoms with Gasteiger partial charge in [-0.25, -0.2) is 4.79 Å². The molecule has 0 spiro atoms. The second-order valence-electron chi connectivity index (χ2n) is 3.91. The number of carboxylic acids is 1. The number of rotatable bonds is 5. The van der Waals surface area contributed by atoms with E-state index in [-0.39, 0.29) is 16.8 Å². The molecular weight excluding hydrogens is 254 g/mol. The number of carbonyl (C=O) groups excluding carboxylic acids is 1. The predicted molar refractivity (Wildman–Crippen MR) is 65.4 cm³/mol. The lowest BCUT2D eigenvalue weighted by Gasteiger charge is -2.19. The maximum atomic E-state index is 11.1. The minimum Gasteiger partial charge on any atom is -0.478 e. The first-order chi connectivity index (χ1) is 8.88. The molecule has 7 nitrogen and oxygen atoms in total. The number of ether oxygens (including phenoxy) is 1. The second kappa shape index (κ2) is 6.17. The van der Waals surface area contributed by atoms with E-state index in [1.165, 1.54) is 18.2 Å². The number of carbonyl (C=O) groups is 2. The molecule has 0 saturated carbocycles. The number of hydrogen-bond donors (Lipinski definition) is 4. The quantitative estimate of drug-likeness (QED) is 0.434. The number of aliphatic hydroxyl groups excluding tert-OH is 2. The number of aromatic carboxylic acids is 1. The van der Waals surface area contributed by atoms with Crippen molar-refractivity contribution in [3.63, 3.8) is 0 Å². The Labute approximate surface area is 109 Å². The zero-order valence-corrected chi connectivity index (χ0v) is 10.2. The van der Waals surface area contributed by atoms with Gasteiger partial charge in [0, 0.05) is 5.69 Å². The molecule has 5 N–H and O–H groups in total. The molecule has 104 valence electrons. The van der Waals surface area contributed by atoms with E-state index < -0.39 is 30.6 Å². The lowest BCUT2D eigenvalue weighted by molar-refractivity contribution is -0.144. The highest BCUT2D eigenvalue weighted by Crippen LogP contribution is 2.26. The van der Waals surface area contributed by atoms with Crippen LogP contribution in [-0.4, -0.2) is 40.5 Å². The first-order valence-electron chi connectivity index (χ1n) is 5.43. The van der Waals surface area contributed by atoms with Crippen LogP contribution in [0.25, 0.3) is 0 Å². The van der Waals surface area contributed by atoms with Gasteiger partial charge in [-0.2, -0.15) is 0 Å². The van der Waals surface area contributed by atoms with Crippen LogP contribution in [0.5, 0.6) is 0 Å². The van der Waals surface area contributed by atoms with E-state index in [9.17, 15) is 19.8 Å². The van der Waals surface area contributed by atoms with Crippen LogP contribution in [0.15, 0.2) is 18.2 Å². The van der Waals surface area contributed by atoms with Gasteiger partial charge in [-0.3, -0.25) is 4.79 Å². The summed E-state index contributed by atoms with van der Waals surface area (Å²) in [7, 11) is 1.14. The third kappa shape index (κ3) is 3.43. The molecule has 0 bridgehead atoms. The fourth-order valence-electron chi connectivity index (χ4n) is 1.66. The van der Waals surface area contributed by atoms with Crippen LogP contribution in [0, 0.1) is 0 Å².